The van der Waals surface area contributed by atoms with E-state index in [1.807, 2.05) is 4.90 Å². The first-order valence-electron chi connectivity index (χ1n) is 7.93. The molecule has 0 saturated carbocycles. The molecule has 1 aromatic carbocycles. The number of hydrogen-bond acceptors (Lipinski definition) is 3. The van der Waals surface area contributed by atoms with Crippen molar-refractivity contribution in [3.63, 3.8) is 0 Å². The molecule has 2 aliphatic rings. The largest absolute Gasteiger partial charge is 0.342 e. The third-order valence-corrected chi connectivity index (χ3v) is 6.41. The molecule has 2 fully saturated rings. The number of benzene rings is 1. The van der Waals surface area contributed by atoms with E-state index in [9.17, 15) is 13.2 Å². The molecule has 120 valence electrons. The zero-order valence-corrected chi connectivity index (χ0v) is 13.5. The smallest absolute Gasteiger partial charge is 0.243 e. The van der Waals surface area contributed by atoms with Crippen LogP contribution in [0.3, 0.4) is 0 Å². The molecule has 1 amide bonds. The van der Waals surface area contributed by atoms with Gasteiger partial charge in [0, 0.05) is 26.2 Å². The monoisotopic (exact) mass is 322 g/mol. The lowest BCUT2D eigenvalue weighted by Gasteiger charge is -2.33. The fourth-order valence-electron chi connectivity index (χ4n) is 3.30. The Hall–Kier alpha value is -1.40. The summed E-state index contributed by atoms with van der Waals surface area (Å²) < 4.78 is 26.8. The molecule has 2 saturated heterocycles. The standard InChI is InChI=1S/C16H22N2O3S/c19-16(17-10-4-5-11-17)14-7-6-12-18(13-14)22(20,21)15-8-2-1-3-9-15/h1-3,8-9,14H,4-7,10-13H2. The van der Waals surface area contributed by atoms with Crippen molar-refractivity contribution in [3.05, 3.63) is 30.3 Å². The van der Waals surface area contributed by atoms with Crippen molar-refractivity contribution in [3.8, 4) is 0 Å². The van der Waals surface area contributed by atoms with Gasteiger partial charge in [0.15, 0.2) is 0 Å². The Labute approximate surface area is 132 Å². The maximum atomic E-state index is 12.7. The van der Waals surface area contributed by atoms with Crippen LogP contribution in [0, 0.1) is 5.92 Å². The highest BCUT2D eigenvalue weighted by atomic mass is 32.2. The summed E-state index contributed by atoms with van der Waals surface area (Å²) in [7, 11) is -3.49. The van der Waals surface area contributed by atoms with E-state index in [-0.39, 0.29) is 11.8 Å². The highest BCUT2D eigenvalue weighted by Crippen LogP contribution is 2.25. The van der Waals surface area contributed by atoms with Gasteiger partial charge in [0.25, 0.3) is 0 Å². The third kappa shape index (κ3) is 3.03. The molecule has 2 heterocycles. The number of carbonyl (C=O) groups is 1. The zero-order valence-electron chi connectivity index (χ0n) is 12.6. The molecule has 0 radical (unpaired) electrons. The normalized spacial score (nSPS) is 23.6. The number of carbonyl (C=O) groups excluding carboxylic acids is 1. The van der Waals surface area contributed by atoms with Crippen molar-refractivity contribution < 1.29 is 13.2 Å². The van der Waals surface area contributed by atoms with E-state index in [4.69, 9.17) is 0 Å². The van der Waals surface area contributed by atoms with Gasteiger partial charge in [-0.15, -0.1) is 0 Å². The molecule has 0 bridgehead atoms. The van der Waals surface area contributed by atoms with E-state index in [1.54, 1.807) is 30.3 Å². The van der Waals surface area contributed by atoms with E-state index in [0.29, 0.717) is 18.0 Å². The van der Waals surface area contributed by atoms with Crippen molar-refractivity contribution in [1.82, 2.24) is 9.21 Å². The third-order valence-electron chi connectivity index (χ3n) is 4.53. The molecule has 2 aliphatic heterocycles. The Bertz CT molecular complexity index is 624. The van der Waals surface area contributed by atoms with Gasteiger partial charge in [-0.25, -0.2) is 8.42 Å². The van der Waals surface area contributed by atoms with Crippen LogP contribution < -0.4 is 0 Å². The Morgan fingerprint density at radius 2 is 1.68 bits per heavy atom. The molecule has 6 heteroatoms. The molecular weight excluding hydrogens is 300 g/mol. The number of nitrogens with zero attached hydrogens (tertiary/aromatic N) is 2. The summed E-state index contributed by atoms with van der Waals surface area (Å²) in [6, 6.07) is 8.48. The highest BCUT2D eigenvalue weighted by molar-refractivity contribution is 7.89. The van der Waals surface area contributed by atoms with Crippen molar-refractivity contribution in [2.75, 3.05) is 26.2 Å². The van der Waals surface area contributed by atoms with Crippen LogP contribution in [0.25, 0.3) is 0 Å². The van der Waals surface area contributed by atoms with Crippen molar-refractivity contribution in [1.29, 1.82) is 0 Å². The van der Waals surface area contributed by atoms with Gasteiger partial charge in [-0.3, -0.25) is 4.79 Å². The molecule has 1 unspecified atom stereocenters. The van der Waals surface area contributed by atoms with Crippen molar-refractivity contribution in [2.45, 2.75) is 30.6 Å². The first-order chi connectivity index (χ1) is 10.6. The lowest BCUT2D eigenvalue weighted by Crippen LogP contribution is -2.46. The van der Waals surface area contributed by atoms with Crippen LogP contribution in [0.1, 0.15) is 25.7 Å². The summed E-state index contributed by atoms with van der Waals surface area (Å²) in [6.07, 6.45) is 3.65. The van der Waals surface area contributed by atoms with E-state index < -0.39 is 10.0 Å². The van der Waals surface area contributed by atoms with Gasteiger partial charge in [-0.2, -0.15) is 4.31 Å². The van der Waals surface area contributed by atoms with Gasteiger partial charge in [0.05, 0.1) is 10.8 Å². The second kappa shape index (κ2) is 6.38. The first kappa shape index (κ1) is 15.5. The van der Waals surface area contributed by atoms with E-state index >= 15 is 0 Å². The molecule has 5 nitrogen and oxygen atoms in total. The summed E-state index contributed by atoms with van der Waals surface area (Å²) in [5.74, 6) is -0.0594. The van der Waals surface area contributed by atoms with Crippen LogP contribution in [0.5, 0.6) is 0 Å². The van der Waals surface area contributed by atoms with Crippen LogP contribution in [-0.2, 0) is 14.8 Å². The predicted molar refractivity (Wildman–Crippen MR) is 83.7 cm³/mol. The van der Waals surface area contributed by atoms with E-state index in [1.165, 1.54) is 4.31 Å². The summed E-state index contributed by atoms with van der Waals surface area (Å²) in [5, 5.41) is 0. The van der Waals surface area contributed by atoms with Gasteiger partial charge in [0.1, 0.15) is 0 Å². The molecule has 1 atom stereocenters. The fourth-order valence-corrected chi connectivity index (χ4v) is 4.84. The van der Waals surface area contributed by atoms with Gasteiger partial charge >= 0.3 is 0 Å². The van der Waals surface area contributed by atoms with E-state index in [2.05, 4.69) is 0 Å². The number of rotatable bonds is 3. The molecule has 3 rings (SSSR count). The van der Waals surface area contributed by atoms with Crippen LogP contribution in [0.2, 0.25) is 0 Å². The zero-order chi connectivity index (χ0) is 15.6. The maximum Gasteiger partial charge on any atom is 0.243 e. The maximum absolute atomic E-state index is 12.7. The average Bonchev–Trinajstić information content (AvgIpc) is 3.09. The summed E-state index contributed by atoms with van der Waals surface area (Å²) in [6.45, 7) is 2.45. The second-order valence-electron chi connectivity index (χ2n) is 6.05. The predicted octanol–water partition coefficient (Wildman–Crippen LogP) is 1.71. The summed E-state index contributed by atoms with van der Waals surface area (Å²) >= 11 is 0. The summed E-state index contributed by atoms with van der Waals surface area (Å²) in [4.78, 5) is 14.7. The minimum absolute atomic E-state index is 0.130. The Morgan fingerprint density at radius 3 is 2.36 bits per heavy atom. The second-order valence-corrected chi connectivity index (χ2v) is 7.99. The molecule has 1 aromatic rings. The minimum atomic E-state index is -3.49. The molecule has 0 spiro atoms. The Balaban J connectivity index is 1.74. The number of piperidine rings is 1. The van der Waals surface area contributed by atoms with Crippen molar-refractivity contribution in [2.24, 2.45) is 5.92 Å². The van der Waals surface area contributed by atoms with Crippen LogP contribution in [-0.4, -0.2) is 49.7 Å². The quantitative estimate of drug-likeness (QED) is 0.851. The Kier molecular flexibility index (Phi) is 4.49. The molecule has 0 aromatic heterocycles. The van der Waals surface area contributed by atoms with Gasteiger partial charge < -0.3 is 4.90 Å². The lowest BCUT2D eigenvalue weighted by atomic mass is 9.98. The van der Waals surface area contributed by atoms with Crippen molar-refractivity contribution >= 4 is 15.9 Å². The van der Waals surface area contributed by atoms with Crippen LogP contribution in [0.4, 0.5) is 0 Å². The number of likely N-dealkylation sites (tertiary alicyclic amines) is 1. The molecule has 22 heavy (non-hydrogen) atoms. The van der Waals surface area contributed by atoms with E-state index in [0.717, 1.165) is 38.8 Å². The SMILES string of the molecule is O=C(C1CCCN(S(=O)(=O)c2ccccc2)C1)N1CCCC1. The Morgan fingerprint density at radius 1 is 1.00 bits per heavy atom. The van der Waals surface area contributed by atoms with Crippen LogP contribution in [0.15, 0.2) is 35.2 Å². The lowest BCUT2D eigenvalue weighted by molar-refractivity contribution is -0.135. The fraction of sp³-hybridized carbons (Fsp3) is 0.562. The molecular formula is C16H22N2O3S. The molecule has 0 aliphatic carbocycles. The number of amides is 1. The van der Waals surface area contributed by atoms with Gasteiger partial charge in [-0.1, -0.05) is 18.2 Å². The van der Waals surface area contributed by atoms with Gasteiger partial charge in [-0.05, 0) is 37.8 Å². The highest BCUT2D eigenvalue weighted by Gasteiger charge is 2.35. The van der Waals surface area contributed by atoms with Gasteiger partial charge in [0.2, 0.25) is 15.9 Å². The number of hydrogen-bond donors (Lipinski definition) is 0. The summed E-state index contributed by atoms with van der Waals surface area (Å²) in [5.41, 5.74) is 0. The number of sulfonamides is 1. The molecule has 0 N–H and O–H groups in total. The average molecular weight is 322 g/mol. The topological polar surface area (TPSA) is 57.7 Å². The minimum Gasteiger partial charge on any atom is -0.342 e. The van der Waals surface area contributed by atoms with Crippen LogP contribution >= 0.6 is 0 Å². The first-order valence-corrected chi connectivity index (χ1v) is 9.37.